The summed E-state index contributed by atoms with van der Waals surface area (Å²) in [6, 6.07) is 21.2. The number of carbonyl (C=O) groups excluding carboxylic acids is 2. The third-order valence-electron chi connectivity index (χ3n) is 5.39. The van der Waals surface area contributed by atoms with Gasteiger partial charge in [-0.3, -0.25) is 14.6 Å². The largest absolute Gasteiger partial charge is 0.490 e. The lowest BCUT2D eigenvalue weighted by Crippen LogP contribution is -2.23. The van der Waals surface area contributed by atoms with Crippen molar-refractivity contribution in [1.29, 1.82) is 0 Å². The number of amides is 2. The predicted molar refractivity (Wildman–Crippen MR) is 138 cm³/mol. The minimum absolute atomic E-state index is 0.253. The summed E-state index contributed by atoms with van der Waals surface area (Å²) in [6.07, 6.45) is 3.40. The Labute approximate surface area is 214 Å². The fraction of sp³-hybridized carbons (Fsp3) is 0.138. The van der Waals surface area contributed by atoms with Crippen LogP contribution >= 0.6 is 0 Å². The molecule has 0 atom stereocenters. The average Bonchev–Trinajstić information content (AvgIpc) is 2.92. The third kappa shape index (κ3) is 7.14. The predicted octanol–water partition coefficient (Wildman–Crippen LogP) is 5.38. The van der Waals surface area contributed by atoms with E-state index in [4.69, 9.17) is 9.47 Å². The molecule has 2 N–H and O–H groups in total. The number of hydrogen-bond donors (Lipinski definition) is 2. The minimum atomic E-state index is -0.408. The summed E-state index contributed by atoms with van der Waals surface area (Å²) in [4.78, 5) is 29.2. The lowest BCUT2D eigenvalue weighted by molar-refractivity contribution is 0.0949. The van der Waals surface area contributed by atoms with Crippen LogP contribution in [0.2, 0.25) is 0 Å². The van der Waals surface area contributed by atoms with Gasteiger partial charge in [-0.15, -0.1) is 0 Å². The van der Waals surface area contributed by atoms with E-state index in [1.54, 1.807) is 48.8 Å². The number of nitrogens with zero attached hydrogens (tertiary/aromatic N) is 1. The van der Waals surface area contributed by atoms with E-state index in [1.165, 1.54) is 24.3 Å². The van der Waals surface area contributed by atoms with E-state index in [1.807, 2.05) is 25.1 Å². The fourth-order valence-electron chi connectivity index (χ4n) is 3.52. The maximum absolute atomic E-state index is 13.1. The van der Waals surface area contributed by atoms with Crippen molar-refractivity contribution in [2.75, 3.05) is 11.9 Å². The van der Waals surface area contributed by atoms with Crippen molar-refractivity contribution in [3.05, 3.63) is 119 Å². The second-order valence-corrected chi connectivity index (χ2v) is 8.08. The van der Waals surface area contributed by atoms with Crippen molar-refractivity contribution in [3.8, 4) is 11.5 Å². The highest BCUT2D eigenvalue weighted by atomic mass is 19.1. The Morgan fingerprint density at radius 2 is 1.57 bits per heavy atom. The van der Waals surface area contributed by atoms with Gasteiger partial charge in [-0.2, -0.15) is 0 Å². The first kappa shape index (κ1) is 25.4. The van der Waals surface area contributed by atoms with Crippen LogP contribution in [0.4, 0.5) is 10.1 Å². The van der Waals surface area contributed by atoms with E-state index < -0.39 is 5.82 Å². The zero-order valence-corrected chi connectivity index (χ0v) is 20.2. The molecule has 0 unspecified atom stereocenters. The molecule has 8 heteroatoms. The van der Waals surface area contributed by atoms with Gasteiger partial charge in [0, 0.05) is 35.8 Å². The number of anilines is 1. The topological polar surface area (TPSA) is 89.6 Å². The van der Waals surface area contributed by atoms with Gasteiger partial charge < -0.3 is 20.1 Å². The van der Waals surface area contributed by atoms with Crippen molar-refractivity contribution < 1.29 is 23.5 Å². The highest BCUT2D eigenvalue weighted by molar-refractivity contribution is 6.04. The van der Waals surface area contributed by atoms with Crippen LogP contribution in [0.5, 0.6) is 11.5 Å². The van der Waals surface area contributed by atoms with E-state index in [2.05, 4.69) is 15.6 Å². The zero-order valence-electron chi connectivity index (χ0n) is 20.2. The van der Waals surface area contributed by atoms with Crippen molar-refractivity contribution in [2.45, 2.75) is 20.1 Å². The zero-order chi connectivity index (χ0) is 26.0. The number of rotatable bonds is 10. The quantitative estimate of drug-likeness (QED) is 0.306. The number of nitrogens with one attached hydrogen (secondary N) is 2. The lowest BCUT2D eigenvalue weighted by Gasteiger charge is -2.14. The molecule has 4 rings (SSSR count). The van der Waals surface area contributed by atoms with Crippen molar-refractivity contribution in [1.82, 2.24) is 10.3 Å². The number of pyridine rings is 1. The summed E-state index contributed by atoms with van der Waals surface area (Å²) in [7, 11) is 0. The summed E-state index contributed by atoms with van der Waals surface area (Å²) in [5.74, 6) is -0.0115. The Bertz CT molecular complexity index is 1360. The van der Waals surface area contributed by atoms with Gasteiger partial charge in [-0.1, -0.05) is 12.1 Å². The molecule has 0 aliphatic rings. The van der Waals surface area contributed by atoms with Crippen LogP contribution in [0.1, 0.15) is 38.8 Å². The number of benzene rings is 3. The van der Waals surface area contributed by atoms with Crippen LogP contribution in [0.15, 0.2) is 91.3 Å². The number of carbonyl (C=O) groups is 2. The second kappa shape index (κ2) is 12.3. The summed E-state index contributed by atoms with van der Waals surface area (Å²) in [6.45, 7) is 2.89. The van der Waals surface area contributed by atoms with Crippen molar-refractivity contribution in [2.24, 2.45) is 0 Å². The van der Waals surface area contributed by atoms with E-state index in [0.29, 0.717) is 41.5 Å². The van der Waals surface area contributed by atoms with Crippen LogP contribution in [0.25, 0.3) is 0 Å². The molecule has 0 fully saturated rings. The molecule has 1 aromatic heterocycles. The van der Waals surface area contributed by atoms with Crippen LogP contribution in [0, 0.1) is 5.82 Å². The first-order valence-corrected chi connectivity index (χ1v) is 11.7. The van der Waals surface area contributed by atoms with Gasteiger partial charge in [-0.05, 0) is 84.8 Å². The van der Waals surface area contributed by atoms with Crippen molar-refractivity contribution >= 4 is 17.5 Å². The molecule has 188 valence electrons. The number of ether oxygens (including phenoxy) is 2. The van der Waals surface area contributed by atoms with Gasteiger partial charge in [0.1, 0.15) is 12.4 Å². The smallest absolute Gasteiger partial charge is 0.255 e. The van der Waals surface area contributed by atoms with Gasteiger partial charge in [0.2, 0.25) is 0 Å². The Hall–Kier alpha value is -4.72. The summed E-state index contributed by atoms with van der Waals surface area (Å²) >= 11 is 0. The molecule has 2 amide bonds. The Balaban J connectivity index is 1.37. The SMILES string of the molecule is CCOc1cc(C(=O)NCc2cccc(NC(=O)c3ccc(F)cc3)c2)ccc1OCc1ccncc1. The Morgan fingerprint density at radius 3 is 2.32 bits per heavy atom. The van der Waals surface area contributed by atoms with E-state index in [9.17, 15) is 14.0 Å². The fourth-order valence-corrected chi connectivity index (χ4v) is 3.52. The van der Waals surface area contributed by atoms with E-state index in [0.717, 1.165) is 11.1 Å². The molecular formula is C29H26FN3O4. The molecule has 1 heterocycles. The Morgan fingerprint density at radius 1 is 0.811 bits per heavy atom. The third-order valence-corrected chi connectivity index (χ3v) is 5.39. The first-order valence-electron chi connectivity index (χ1n) is 11.7. The molecule has 0 aliphatic carbocycles. The molecule has 3 aromatic carbocycles. The lowest BCUT2D eigenvalue weighted by atomic mass is 10.1. The molecule has 4 aromatic rings. The van der Waals surface area contributed by atoms with Crippen molar-refractivity contribution in [3.63, 3.8) is 0 Å². The van der Waals surface area contributed by atoms with E-state index in [-0.39, 0.29) is 18.4 Å². The highest BCUT2D eigenvalue weighted by Gasteiger charge is 2.13. The highest BCUT2D eigenvalue weighted by Crippen LogP contribution is 2.29. The normalized spacial score (nSPS) is 10.4. The van der Waals surface area contributed by atoms with Gasteiger partial charge >= 0.3 is 0 Å². The molecule has 0 bridgehead atoms. The van der Waals surface area contributed by atoms with Gasteiger partial charge in [0.25, 0.3) is 11.8 Å². The summed E-state index contributed by atoms with van der Waals surface area (Å²) in [5, 5.41) is 5.66. The molecule has 37 heavy (non-hydrogen) atoms. The number of hydrogen-bond acceptors (Lipinski definition) is 5. The molecule has 0 saturated carbocycles. The molecule has 0 aliphatic heterocycles. The van der Waals surface area contributed by atoms with Gasteiger partial charge in [-0.25, -0.2) is 4.39 Å². The molecule has 0 spiro atoms. The van der Waals surface area contributed by atoms with Crippen LogP contribution in [0.3, 0.4) is 0 Å². The molecule has 0 radical (unpaired) electrons. The maximum atomic E-state index is 13.1. The van der Waals surface area contributed by atoms with Crippen LogP contribution < -0.4 is 20.1 Å². The monoisotopic (exact) mass is 499 g/mol. The molecular weight excluding hydrogens is 473 g/mol. The summed E-state index contributed by atoms with van der Waals surface area (Å²) in [5.41, 5.74) is 3.11. The van der Waals surface area contributed by atoms with Crippen LogP contribution in [-0.4, -0.2) is 23.4 Å². The second-order valence-electron chi connectivity index (χ2n) is 8.08. The van der Waals surface area contributed by atoms with Gasteiger partial charge in [0.05, 0.1) is 6.61 Å². The molecule has 0 saturated heterocycles. The Kier molecular flexibility index (Phi) is 8.44. The first-order chi connectivity index (χ1) is 18.0. The molecule has 7 nitrogen and oxygen atoms in total. The standard InChI is InChI=1S/C29H26FN3O4/c1-2-36-27-17-23(8-11-26(27)37-19-20-12-14-31-15-13-20)28(34)32-18-21-4-3-5-25(16-21)33-29(35)22-6-9-24(30)10-7-22/h3-17H,2,18-19H2,1H3,(H,32,34)(H,33,35). The minimum Gasteiger partial charge on any atom is -0.490 e. The van der Waals surface area contributed by atoms with E-state index >= 15 is 0 Å². The maximum Gasteiger partial charge on any atom is 0.255 e. The van der Waals surface area contributed by atoms with Crippen LogP contribution in [-0.2, 0) is 13.2 Å². The van der Waals surface area contributed by atoms with Gasteiger partial charge in [0.15, 0.2) is 11.5 Å². The average molecular weight is 500 g/mol. The summed E-state index contributed by atoms with van der Waals surface area (Å²) < 4.78 is 24.7. The number of halogens is 1. The number of aromatic nitrogens is 1.